The molecule has 41 heavy (non-hydrogen) atoms. The number of nitrogens with zero attached hydrogens (tertiary/aromatic N) is 3. The number of aromatic nitrogens is 5. The first kappa shape index (κ1) is 25.7. The van der Waals surface area contributed by atoms with E-state index < -0.39 is 0 Å². The summed E-state index contributed by atoms with van der Waals surface area (Å²) in [5, 5.41) is 13.1. The van der Waals surface area contributed by atoms with Crippen LogP contribution < -0.4 is 5.32 Å². The third-order valence-electron chi connectivity index (χ3n) is 8.11. The molecule has 0 radical (unpaired) electrons. The van der Waals surface area contributed by atoms with E-state index in [-0.39, 0.29) is 5.91 Å². The van der Waals surface area contributed by atoms with E-state index in [0.29, 0.717) is 12.3 Å². The van der Waals surface area contributed by atoms with Gasteiger partial charge in [0, 0.05) is 50.0 Å². The highest BCUT2D eigenvalue weighted by Gasteiger charge is 2.18. The van der Waals surface area contributed by atoms with Gasteiger partial charge in [0.2, 0.25) is 5.91 Å². The molecule has 206 valence electrons. The summed E-state index contributed by atoms with van der Waals surface area (Å²) in [6.45, 7) is 4.17. The third kappa shape index (κ3) is 5.15. The topological polar surface area (TPSA) is 99.4 Å². The molecule has 1 saturated carbocycles. The number of thiophene rings is 1. The van der Waals surface area contributed by atoms with E-state index in [1.165, 1.54) is 29.0 Å². The molecule has 7 rings (SSSR count). The minimum absolute atomic E-state index is 0.0966. The molecular weight excluding hydrogens is 528 g/mol. The normalized spacial score (nSPS) is 14.2. The highest BCUT2D eigenvalue weighted by Crippen LogP contribution is 2.37. The summed E-state index contributed by atoms with van der Waals surface area (Å²) in [5.41, 5.74) is 8.39. The average molecular weight is 561 g/mol. The van der Waals surface area contributed by atoms with E-state index in [1.54, 1.807) is 11.3 Å². The maximum Gasteiger partial charge on any atom is 0.224 e. The van der Waals surface area contributed by atoms with Crippen molar-refractivity contribution < 1.29 is 4.79 Å². The van der Waals surface area contributed by atoms with Crippen LogP contribution in [0.3, 0.4) is 0 Å². The first-order valence-electron chi connectivity index (χ1n) is 14.3. The van der Waals surface area contributed by atoms with E-state index in [0.717, 1.165) is 74.1 Å². The number of nitrogens with one attached hydrogen (secondary N) is 3. The number of aromatic amines is 2. The zero-order valence-electron chi connectivity index (χ0n) is 23.3. The van der Waals surface area contributed by atoms with Gasteiger partial charge in [0.25, 0.3) is 0 Å². The van der Waals surface area contributed by atoms with Crippen LogP contribution in [-0.4, -0.2) is 31.1 Å². The molecule has 1 aromatic carbocycles. The molecule has 0 unspecified atom stereocenters. The van der Waals surface area contributed by atoms with Crippen LogP contribution in [-0.2, 0) is 4.79 Å². The van der Waals surface area contributed by atoms with Gasteiger partial charge in [-0.05, 0) is 80.6 Å². The molecule has 5 heterocycles. The number of hydrogen-bond acceptors (Lipinski definition) is 5. The number of rotatable bonds is 6. The second-order valence-corrected chi connectivity index (χ2v) is 12.6. The van der Waals surface area contributed by atoms with Gasteiger partial charge in [0.05, 0.1) is 34.8 Å². The van der Waals surface area contributed by atoms with E-state index in [2.05, 4.69) is 62.7 Å². The van der Waals surface area contributed by atoms with Gasteiger partial charge < -0.3 is 10.3 Å². The molecule has 0 atom stereocenters. The number of carbonyl (C=O) groups is 1. The maximum absolute atomic E-state index is 12.8. The number of fused-ring (bicyclic) bond motifs is 2. The molecule has 1 aliphatic carbocycles. The van der Waals surface area contributed by atoms with E-state index >= 15 is 0 Å². The number of benzene rings is 1. The Morgan fingerprint density at radius 1 is 0.976 bits per heavy atom. The van der Waals surface area contributed by atoms with E-state index in [1.807, 2.05) is 37.6 Å². The van der Waals surface area contributed by atoms with E-state index in [9.17, 15) is 4.79 Å². The summed E-state index contributed by atoms with van der Waals surface area (Å²) in [7, 11) is 0. The molecule has 0 spiro atoms. The number of carbonyl (C=O) groups excluding carboxylic acids is 1. The summed E-state index contributed by atoms with van der Waals surface area (Å²) in [4.78, 5) is 28.0. The molecule has 5 aromatic heterocycles. The first-order valence-corrected chi connectivity index (χ1v) is 15.1. The lowest BCUT2D eigenvalue weighted by Crippen LogP contribution is -2.18. The molecule has 1 aliphatic rings. The molecule has 8 heteroatoms. The van der Waals surface area contributed by atoms with Crippen LogP contribution in [0.2, 0.25) is 0 Å². The lowest BCUT2D eigenvalue weighted by atomic mass is 9.87. The SMILES string of the molecule is Cc1cc(NC(=O)CC2CCCCC2)cc(-c2cc3c(-c4cc5c(-c6ccc(C)s6)cncc5[nH]4)n[nH]c3cn2)c1. The Hall–Kier alpha value is -4.30. The number of amides is 1. The van der Waals surface area contributed by atoms with Crippen LogP contribution in [0.1, 0.15) is 49.0 Å². The maximum atomic E-state index is 12.8. The lowest BCUT2D eigenvalue weighted by Gasteiger charge is -2.21. The Labute approximate surface area is 242 Å². The largest absolute Gasteiger partial charge is 0.352 e. The Morgan fingerprint density at radius 3 is 2.68 bits per heavy atom. The number of pyridine rings is 2. The monoisotopic (exact) mass is 560 g/mol. The standard InChI is InChI=1S/C33H32N6OS/c1-19-10-22(13-23(11-19)36-32(40)12-21-6-4-3-5-7-21)27-15-25-30(18-35-27)38-39-33(25)28-14-24-26(16-34-17-29(24)37-28)31-9-8-20(2)41-31/h8-11,13-18,21,37H,3-7,12H2,1-2H3,(H,36,40)(H,38,39). The van der Waals surface area contributed by atoms with Crippen LogP contribution in [0.25, 0.3) is 54.9 Å². The molecule has 0 bridgehead atoms. The number of hydrogen-bond donors (Lipinski definition) is 3. The summed E-state index contributed by atoms with van der Waals surface area (Å²) < 4.78 is 0. The van der Waals surface area contributed by atoms with Crippen molar-refractivity contribution in [2.24, 2.45) is 5.92 Å². The van der Waals surface area contributed by atoms with Gasteiger partial charge in [-0.15, -0.1) is 11.3 Å². The predicted molar refractivity (Wildman–Crippen MR) is 167 cm³/mol. The van der Waals surface area contributed by atoms with Crippen molar-refractivity contribution in [2.45, 2.75) is 52.4 Å². The molecule has 1 fully saturated rings. The van der Waals surface area contributed by atoms with Crippen LogP contribution in [0, 0.1) is 19.8 Å². The van der Waals surface area contributed by atoms with Crippen molar-refractivity contribution in [3.63, 3.8) is 0 Å². The number of aryl methyl sites for hydroxylation is 2. The van der Waals surface area contributed by atoms with Crippen LogP contribution in [0.4, 0.5) is 5.69 Å². The smallest absolute Gasteiger partial charge is 0.224 e. The Bertz CT molecular complexity index is 1890. The fourth-order valence-corrected chi connectivity index (χ4v) is 6.99. The Kier molecular flexibility index (Phi) is 6.63. The van der Waals surface area contributed by atoms with Gasteiger partial charge in [0.15, 0.2) is 0 Å². The van der Waals surface area contributed by atoms with Crippen LogP contribution in [0.5, 0.6) is 0 Å². The zero-order chi connectivity index (χ0) is 27.9. The summed E-state index contributed by atoms with van der Waals surface area (Å²) in [5.74, 6) is 0.599. The van der Waals surface area contributed by atoms with Crippen molar-refractivity contribution >= 4 is 44.7 Å². The Balaban J connectivity index is 1.21. The van der Waals surface area contributed by atoms with Crippen molar-refractivity contribution in [3.05, 3.63) is 71.5 Å². The van der Waals surface area contributed by atoms with E-state index in [4.69, 9.17) is 4.98 Å². The van der Waals surface area contributed by atoms with Gasteiger partial charge in [0.1, 0.15) is 5.69 Å². The molecular formula is C33H32N6OS. The van der Waals surface area contributed by atoms with Gasteiger partial charge in [-0.2, -0.15) is 5.10 Å². The summed E-state index contributed by atoms with van der Waals surface area (Å²) in [6, 6.07) is 14.7. The average Bonchev–Trinajstić information content (AvgIpc) is 3.70. The predicted octanol–water partition coefficient (Wildman–Crippen LogP) is 8.42. The van der Waals surface area contributed by atoms with Crippen molar-refractivity contribution in [2.75, 3.05) is 5.32 Å². The quantitative estimate of drug-likeness (QED) is 0.190. The lowest BCUT2D eigenvalue weighted by molar-refractivity contribution is -0.117. The fourth-order valence-electron chi connectivity index (χ4n) is 6.10. The third-order valence-corrected chi connectivity index (χ3v) is 9.14. The summed E-state index contributed by atoms with van der Waals surface area (Å²) in [6.07, 6.45) is 12.3. The van der Waals surface area contributed by atoms with Crippen LogP contribution in [0.15, 0.2) is 61.1 Å². The van der Waals surface area contributed by atoms with Crippen LogP contribution >= 0.6 is 11.3 Å². The minimum atomic E-state index is 0.0966. The van der Waals surface area contributed by atoms with Crippen molar-refractivity contribution in [3.8, 4) is 33.1 Å². The molecule has 6 aromatic rings. The van der Waals surface area contributed by atoms with Crippen molar-refractivity contribution in [1.82, 2.24) is 25.1 Å². The zero-order valence-corrected chi connectivity index (χ0v) is 24.1. The van der Waals surface area contributed by atoms with Gasteiger partial charge >= 0.3 is 0 Å². The fraction of sp³-hybridized carbons (Fsp3) is 0.273. The summed E-state index contributed by atoms with van der Waals surface area (Å²) >= 11 is 1.77. The highest BCUT2D eigenvalue weighted by atomic mass is 32.1. The number of anilines is 1. The van der Waals surface area contributed by atoms with Gasteiger partial charge in [-0.3, -0.25) is 19.9 Å². The second kappa shape index (κ2) is 10.6. The second-order valence-electron chi connectivity index (χ2n) is 11.3. The van der Waals surface area contributed by atoms with Crippen molar-refractivity contribution in [1.29, 1.82) is 0 Å². The van der Waals surface area contributed by atoms with Gasteiger partial charge in [-0.1, -0.05) is 19.3 Å². The highest BCUT2D eigenvalue weighted by molar-refractivity contribution is 7.15. The molecule has 0 saturated heterocycles. The Morgan fingerprint density at radius 2 is 1.85 bits per heavy atom. The molecule has 3 N–H and O–H groups in total. The molecule has 7 nitrogen and oxygen atoms in total. The molecule has 1 amide bonds. The minimum Gasteiger partial charge on any atom is -0.352 e. The first-order chi connectivity index (χ1) is 20.0. The number of H-pyrrole nitrogens is 2. The molecule has 0 aliphatic heterocycles. The van der Waals surface area contributed by atoms with Gasteiger partial charge in [-0.25, -0.2) is 0 Å².